The summed E-state index contributed by atoms with van der Waals surface area (Å²) in [5, 5.41) is 6.47. The van der Waals surface area contributed by atoms with E-state index < -0.39 is 0 Å². The van der Waals surface area contributed by atoms with Crippen LogP contribution in [0, 0.1) is 0 Å². The molecule has 3 nitrogen and oxygen atoms in total. The molecule has 4 heteroatoms. The summed E-state index contributed by atoms with van der Waals surface area (Å²) in [6.45, 7) is 2.28. The van der Waals surface area contributed by atoms with Crippen LogP contribution in [0.4, 0.5) is 0 Å². The first kappa shape index (κ1) is 13.8. The first-order valence-electron chi connectivity index (χ1n) is 7.56. The van der Waals surface area contributed by atoms with Gasteiger partial charge in [0, 0.05) is 30.7 Å². The van der Waals surface area contributed by atoms with Gasteiger partial charge in [0.1, 0.15) is 0 Å². The number of aromatic nitrogens is 2. The molecule has 1 saturated heterocycles. The Morgan fingerprint density at radius 3 is 3.05 bits per heavy atom. The van der Waals surface area contributed by atoms with Crippen molar-refractivity contribution < 1.29 is 0 Å². The number of piperidine rings is 1. The fraction of sp³-hybridized carbons (Fsp3) is 0.562. The quantitative estimate of drug-likeness (QED) is 0.840. The van der Waals surface area contributed by atoms with Crippen molar-refractivity contribution in [1.29, 1.82) is 0 Å². The van der Waals surface area contributed by atoms with Crippen molar-refractivity contribution in [2.24, 2.45) is 7.05 Å². The van der Waals surface area contributed by atoms with E-state index in [4.69, 9.17) is 0 Å². The molecule has 0 aliphatic carbocycles. The number of hydrogen-bond acceptors (Lipinski definition) is 3. The van der Waals surface area contributed by atoms with Gasteiger partial charge in [0.2, 0.25) is 0 Å². The molecule has 0 spiro atoms. The third-order valence-electron chi connectivity index (χ3n) is 4.34. The van der Waals surface area contributed by atoms with Crippen LogP contribution in [-0.2, 0) is 20.0 Å². The second-order valence-corrected chi connectivity index (χ2v) is 6.72. The summed E-state index contributed by atoms with van der Waals surface area (Å²) in [7, 11) is 2.04. The normalized spacial score (nSPS) is 20.4. The highest BCUT2D eigenvalue weighted by Crippen LogP contribution is 2.24. The van der Waals surface area contributed by atoms with Gasteiger partial charge in [-0.05, 0) is 49.7 Å². The molecule has 0 saturated carbocycles. The fourth-order valence-corrected chi connectivity index (χ4v) is 3.85. The minimum absolute atomic E-state index is 0.737. The van der Waals surface area contributed by atoms with E-state index in [1.54, 1.807) is 0 Å². The van der Waals surface area contributed by atoms with Gasteiger partial charge in [-0.1, -0.05) is 12.5 Å². The molecule has 20 heavy (non-hydrogen) atoms. The van der Waals surface area contributed by atoms with Crippen LogP contribution in [-0.4, -0.2) is 27.3 Å². The fourth-order valence-electron chi connectivity index (χ4n) is 3.12. The molecule has 1 fully saturated rings. The molecule has 0 aromatic carbocycles. The average Bonchev–Trinajstić information content (AvgIpc) is 3.11. The Labute approximate surface area is 125 Å². The number of aryl methyl sites for hydroxylation is 2. The molecule has 0 radical (unpaired) electrons. The number of nitrogens with zero attached hydrogens (tertiary/aromatic N) is 3. The molecule has 0 unspecified atom stereocenters. The Morgan fingerprint density at radius 2 is 2.30 bits per heavy atom. The monoisotopic (exact) mass is 289 g/mol. The molecule has 1 aliphatic heterocycles. The van der Waals surface area contributed by atoms with Crippen LogP contribution in [0.5, 0.6) is 0 Å². The van der Waals surface area contributed by atoms with E-state index in [1.807, 2.05) is 29.3 Å². The smallest absolute Gasteiger partial charge is 0.0521 e. The van der Waals surface area contributed by atoms with Crippen molar-refractivity contribution >= 4 is 11.3 Å². The van der Waals surface area contributed by atoms with E-state index >= 15 is 0 Å². The predicted octanol–water partition coefficient (Wildman–Crippen LogP) is 3.47. The summed E-state index contributed by atoms with van der Waals surface area (Å²) in [5.74, 6) is 0. The van der Waals surface area contributed by atoms with Crippen molar-refractivity contribution in [2.45, 2.75) is 44.7 Å². The Morgan fingerprint density at radius 1 is 1.35 bits per heavy atom. The van der Waals surface area contributed by atoms with Crippen LogP contribution >= 0.6 is 11.3 Å². The lowest BCUT2D eigenvalue weighted by Gasteiger charge is -2.35. The van der Waals surface area contributed by atoms with Crippen LogP contribution in [0.3, 0.4) is 0 Å². The van der Waals surface area contributed by atoms with Crippen molar-refractivity contribution in [3.05, 3.63) is 40.3 Å². The third-order valence-corrected chi connectivity index (χ3v) is 5.28. The van der Waals surface area contributed by atoms with Gasteiger partial charge in [-0.3, -0.25) is 9.58 Å². The topological polar surface area (TPSA) is 21.1 Å². The highest BCUT2D eigenvalue weighted by molar-refractivity contribution is 7.09. The number of thiophene rings is 1. The number of hydrogen-bond donors (Lipinski definition) is 0. The van der Waals surface area contributed by atoms with Crippen molar-refractivity contribution in [2.75, 3.05) is 6.54 Å². The summed E-state index contributed by atoms with van der Waals surface area (Å²) in [5.41, 5.74) is 1.33. The number of rotatable bonds is 5. The molecule has 3 rings (SSSR count). The van der Waals surface area contributed by atoms with Crippen LogP contribution in [0.25, 0.3) is 0 Å². The first-order valence-corrected chi connectivity index (χ1v) is 8.44. The summed E-state index contributed by atoms with van der Waals surface area (Å²) in [4.78, 5) is 4.18. The zero-order valence-electron chi connectivity index (χ0n) is 12.2. The summed E-state index contributed by atoms with van der Waals surface area (Å²) >= 11 is 1.89. The molecule has 2 aromatic heterocycles. The maximum atomic E-state index is 4.29. The molecule has 3 heterocycles. The molecule has 0 amide bonds. The van der Waals surface area contributed by atoms with Crippen molar-refractivity contribution in [3.8, 4) is 0 Å². The second-order valence-electron chi connectivity index (χ2n) is 5.68. The molecular formula is C16H23N3S. The minimum atomic E-state index is 0.737. The maximum Gasteiger partial charge on any atom is 0.0521 e. The van der Waals surface area contributed by atoms with Crippen molar-refractivity contribution in [3.63, 3.8) is 0 Å². The van der Waals surface area contributed by atoms with Gasteiger partial charge in [0.25, 0.3) is 0 Å². The molecule has 2 aromatic rings. The van der Waals surface area contributed by atoms with Crippen LogP contribution < -0.4 is 0 Å². The van der Waals surface area contributed by atoms with Gasteiger partial charge in [-0.15, -0.1) is 11.3 Å². The Balaban J connectivity index is 1.60. The molecule has 1 aliphatic rings. The Kier molecular flexibility index (Phi) is 4.53. The van der Waals surface area contributed by atoms with Gasteiger partial charge in [-0.25, -0.2) is 0 Å². The lowest BCUT2D eigenvalue weighted by molar-refractivity contribution is 0.129. The second kappa shape index (κ2) is 6.55. The SMILES string of the molecule is Cn1nccc1CN1CCCC[C@@H]1CCc1cccs1. The zero-order chi connectivity index (χ0) is 13.8. The van der Waals surface area contributed by atoms with Crippen molar-refractivity contribution in [1.82, 2.24) is 14.7 Å². The van der Waals surface area contributed by atoms with Gasteiger partial charge in [-0.2, -0.15) is 5.10 Å². The van der Waals surface area contributed by atoms with Gasteiger partial charge in [0.15, 0.2) is 0 Å². The first-order chi connectivity index (χ1) is 9.83. The summed E-state index contributed by atoms with van der Waals surface area (Å²) < 4.78 is 2.00. The average molecular weight is 289 g/mol. The molecule has 108 valence electrons. The molecular weight excluding hydrogens is 266 g/mol. The molecule has 0 N–H and O–H groups in total. The highest BCUT2D eigenvalue weighted by atomic mass is 32.1. The van der Waals surface area contributed by atoms with Crippen LogP contribution in [0.15, 0.2) is 29.8 Å². The highest BCUT2D eigenvalue weighted by Gasteiger charge is 2.23. The van der Waals surface area contributed by atoms with Crippen LogP contribution in [0.1, 0.15) is 36.3 Å². The zero-order valence-corrected chi connectivity index (χ0v) is 13.0. The van der Waals surface area contributed by atoms with Crippen LogP contribution in [0.2, 0.25) is 0 Å². The summed E-state index contributed by atoms with van der Waals surface area (Å²) in [6.07, 6.45) is 8.50. The Bertz CT molecular complexity index is 518. The van der Waals surface area contributed by atoms with E-state index in [9.17, 15) is 0 Å². The largest absolute Gasteiger partial charge is 0.295 e. The van der Waals surface area contributed by atoms with Gasteiger partial charge < -0.3 is 0 Å². The van der Waals surface area contributed by atoms with Gasteiger partial charge in [0.05, 0.1) is 5.69 Å². The molecule has 1 atom stereocenters. The van der Waals surface area contributed by atoms with E-state index in [0.29, 0.717) is 0 Å². The Hall–Kier alpha value is -1.13. The maximum absolute atomic E-state index is 4.29. The lowest BCUT2D eigenvalue weighted by atomic mass is 9.97. The van der Waals surface area contributed by atoms with E-state index in [2.05, 4.69) is 33.6 Å². The van der Waals surface area contributed by atoms with E-state index in [0.717, 1.165) is 12.6 Å². The third kappa shape index (κ3) is 3.30. The summed E-state index contributed by atoms with van der Waals surface area (Å²) in [6, 6.07) is 7.30. The lowest BCUT2D eigenvalue weighted by Crippen LogP contribution is -2.39. The molecule has 0 bridgehead atoms. The van der Waals surface area contributed by atoms with E-state index in [1.165, 1.54) is 49.2 Å². The standard InChI is InChI=1S/C16H23N3S/c1-18-15(9-10-17-18)13-19-11-3-2-5-14(19)7-8-16-6-4-12-20-16/h4,6,9-10,12,14H,2-3,5,7-8,11,13H2,1H3/t14-/m1/s1. The predicted molar refractivity (Wildman–Crippen MR) is 83.9 cm³/mol. The van der Waals surface area contributed by atoms with Gasteiger partial charge >= 0.3 is 0 Å². The number of likely N-dealkylation sites (tertiary alicyclic amines) is 1. The van der Waals surface area contributed by atoms with E-state index in [-0.39, 0.29) is 0 Å². The minimum Gasteiger partial charge on any atom is -0.295 e.